The van der Waals surface area contributed by atoms with Crippen LogP contribution < -0.4 is 0 Å². The third kappa shape index (κ3) is 1.90. The molecule has 2 aromatic rings. The molecular weight excluding hydrogens is 230 g/mol. The van der Waals surface area contributed by atoms with Gasteiger partial charge < -0.3 is 9.97 Å². The summed E-state index contributed by atoms with van der Waals surface area (Å²) in [6.07, 6.45) is 1.66. The molecule has 5 heteroatoms. The van der Waals surface area contributed by atoms with Gasteiger partial charge in [-0.15, -0.1) is 0 Å². The van der Waals surface area contributed by atoms with E-state index in [4.69, 9.17) is 12.2 Å². The van der Waals surface area contributed by atoms with Crippen LogP contribution in [0.15, 0.2) is 24.4 Å². The molecule has 84 valence electrons. The molecule has 0 saturated carbocycles. The zero-order chi connectivity index (χ0) is 11.7. The number of halogens is 2. The summed E-state index contributed by atoms with van der Waals surface area (Å²) in [7, 11) is 0. The van der Waals surface area contributed by atoms with Gasteiger partial charge in [0.25, 0.3) is 0 Å². The fraction of sp³-hybridized carbons (Fsp3) is 0.182. The van der Waals surface area contributed by atoms with Crippen molar-refractivity contribution in [2.75, 3.05) is 0 Å². The first-order chi connectivity index (χ1) is 7.59. The van der Waals surface area contributed by atoms with Gasteiger partial charge in [-0.25, -0.2) is 8.78 Å². The first kappa shape index (κ1) is 11.0. The van der Waals surface area contributed by atoms with Crippen molar-refractivity contribution in [1.82, 2.24) is 9.97 Å². The van der Waals surface area contributed by atoms with Crippen molar-refractivity contribution < 1.29 is 8.78 Å². The van der Waals surface area contributed by atoms with Crippen LogP contribution in [0.2, 0.25) is 0 Å². The highest BCUT2D eigenvalue weighted by molar-refractivity contribution is 7.71. The molecule has 1 atom stereocenters. The second kappa shape index (κ2) is 4.17. The normalized spacial score (nSPS) is 12.7. The molecule has 0 spiro atoms. The average Bonchev–Trinajstić information content (AvgIpc) is 2.68. The monoisotopic (exact) mass is 240 g/mol. The smallest absolute Gasteiger partial charge is 0.174 e. The molecule has 0 aliphatic heterocycles. The number of H-pyrrole nitrogens is 2. The van der Waals surface area contributed by atoms with Crippen LogP contribution in [0, 0.1) is 16.4 Å². The largest absolute Gasteiger partial charge is 0.337 e. The fourth-order valence-corrected chi connectivity index (χ4v) is 1.78. The Morgan fingerprint density at radius 2 is 2.06 bits per heavy atom. The summed E-state index contributed by atoms with van der Waals surface area (Å²) in [6.45, 7) is 1.78. The second-order valence-corrected chi connectivity index (χ2v) is 3.97. The minimum absolute atomic E-state index is 0.274. The van der Waals surface area contributed by atoms with E-state index in [1.165, 1.54) is 6.07 Å². The Bertz CT molecular complexity index is 559. The highest BCUT2D eigenvalue weighted by Crippen LogP contribution is 2.25. The lowest BCUT2D eigenvalue weighted by atomic mass is 9.98. The lowest BCUT2D eigenvalue weighted by Crippen LogP contribution is -2.01. The van der Waals surface area contributed by atoms with Crippen LogP contribution in [0.5, 0.6) is 0 Å². The Morgan fingerprint density at radius 3 is 2.69 bits per heavy atom. The van der Waals surface area contributed by atoms with Gasteiger partial charge in [-0.2, -0.15) is 0 Å². The number of benzene rings is 1. The summed E-state index contributed by atoms with van der Waals surface area (Å²) in [5.74, 6) is -1.92. The fourth-order valence-electron chi connectivity index (χ4n) is 1.60. The van der Waals surface area contributed by atoms with Gasteiger partial charge in [-0.3, -0.25) is 0 Å². The molecule has 0 aliphatic rings. The molecule has 1 aromatic heterocycles. The SMILES string of the molecule is CC(c1c[nH]c(=S)[nH]1)c1cccc(F)c1F. The van der Waals surface area contributed by atoms with Crippen molar-refractivity contribution in [1.29, 1.82) is 0 Å². The standard InChI is InChI=1S/C11H10F2N2S/c1-6(9-5-14-11(16)15-9)7-3-2-4-8(12)10(7)13/h2-6H,1H3,(H2,14,15,16). The van der Waals surface area contributed by atoms with Gasteiger partial charge in [0.05, 0.1) is 0 Å². The van der Waals surface area contributed by atoms with E-state index in [9.17, 15) is 8.78 Å². The third-order valence-corrected chi connectivity index (χ3v) is 2.75. The Labute approximate surface area is 96.3 Å². The summed E-state index contributed by atoms with van der Waals surface area (Å²) < 4.78 is 27.0. The lowest BCUT2D eigenvalue weighted by molar-refractivity contribution is 0.495. The van der Waals surface area contributed by atoms with Crippen LogP contribution in [0.3, 0.4) is 0 Å². The number of hydrogen-bond donors (Lipinski definition) is 2. The quantitative estimate of drug-likeness (QED) is 0.773. The Morgan fingerprint density at radius 1 is 1.31 bits per heavy atom. The summed E-state index contributed by atoms with van der Waals surface area (Å²) in [5.41, 5.74) is 1.04. The zero-order valence-corrected chi connectivity index (χ0v) is 9.37. The van der Waals surface area contributed by atoms with Crippen molar-refractivity contribution in [3.05, 3.63) is 52.1 Å². The maximum Gasteiger partial charge on any atom is 0.174 e. The maximum absolute atomic E-state index is 13.5. The van der Waals surface area contributed by atoms with E-state index >= 15 is 0 Å². The van der Waals surface area contributed by atoms with Crippen molar-refractivity contribution in [3.63, 3.8) is 0 Å². The molecule has 16 heavy (non-hydrogen) atoms. The van der Waals surface area contributed by atoms with Crippen LogP contribution >= 0.6 is 12.2 Å². The molecule has 1 unspecified atom stereocenters. The number of rotatable bonds is 2. The molecule has 0 amide bonds. The Balaban J connectivity index is 2.45. The number of hydrogen-bond acceptors (Lipinski definition) is 1. The van der Waals surface area contributed by atoms with E-state index < -0.39 is 11.6 Å². The highest BCUT2D eigenvalue weighted by Gasteiger charge is 2.16. The molecule has 1 heterocycles. The molecule has 0 saturated heterocycles. The van der Waals surface area contributed by atoms with Crippen LogP contribution in [-0.4, -0.2) is 9.97 Å². The molecule has 2 nitrogen and oxygen atoms in total. The first-order valence-electron chi connectivity index (χ1n) is 4.81. The van der Waals surface area contributed by atoms with Gasteiger partial charge >= 0.3 is 0 Å². The zero-order valence-electron chi connectivity index (χ0n) is 8.55. The number of aromatic amines is 2. The van der Waals surface area contributed by atoms with Gasteiger partial charge in [0.15, 0.2) is 16.4 Å². The van der Waals surface area contributed by atoms with E-state index in [1.54, 1.807) is 19.2 Å². The summed E-state index contributed by atoms with van der Waals surface area (Å²) in [6, 6.07) is 4.16. The maximum atomic E-state index is 13.5. The molecule has 0 radical (unpaired) electrons. The third-order valence-electron chi connectivity index (χ3n) is 2.53. The average molecular weight is 240 g/mol. The Kier molecular flexibility index (Phi) is 2.87. The number of nitrogens with one attached hydrogen (secondary N) is 2. The van der Waals surface area contributed by atoms with E-state index in [2.05, 4.69) is 9.97 Å². The molecule has 1 aromatic carbocycles. The molecular formula is C11H10F2N2S. The van der Waals surface area contributed by atoms with Crippen molar-refractivity contribution in [3.8, 4) is 0 Å². The minimum atomic E-state index is -0.835. The summed E-state index contributed by atoms with van der Waals surface area (Å²) >= 11 is 4.88. The molecule has 0 fully saturated rings. The van der Waals surface area contributed by atoms with Crippen LogP contribution in [0.1, 0.15) is 24.1 Å². The molecule has 2 N–H and O–H groups in total. The highest BCUT2D eigenvalue weighted by atomic mass is 32.1. The Hall–Kier alpha value is -1.49. The first-order valence-corrected chi connectivity index (χ1v) is 5.22. The summed E-state index contributed by atoms with van der Waals surface area (Å²) in [4.78, 5) is 5.69. The molecule has 0 aliphatic carbocycles. The van der Waals surface area contributed by atoms with E-state index in [-0.39, 0.29) is 5.92 Å². The topological polar surface area (TPSA) is 31.6 Å². The minimum Gasteiger partial charge on any atom is -0.337 e. The number of aromatic nitrogens is 2. The van der Waals surface area contributed by atoms with Crippen molar-refractivity contribution >= 4 is 12.2 Å². The van der Waals surface area contributed by atoms with Crippen LogP contribution in [0.25, 0.3) is 0 Å². The van der Waals surface area contributed by atoms with Crippen molar-refractivity contribution in [2.45, 2.75) is 12.8 Å². The van der Waals surface area contributed by atoms with Gasteiger partial charge in [0.2, 0.25) is 0 Å². The van der Waals surface area contributed by atoms with Gasteiger partial charge in [0, 0.05) is 17.8 Å². The molecule has 0 bridgehead atoms. The van der Waals surface area contributed by atoms with E-state index in [0.29, 0.717) is 10.3 Å². The lowest BCUT2D eigenvalue weighted by Gasteiger charge is -2.10. The predicted molar refractivity (Wildman–Crippen MR) is 59.9 cm³/mol. The van der Waals surface area contributed by atoms with E-state index in [1.807, 2.05) is 0 Å². The second-order valence-electron chi connectivity index (χ2n) is 3.56. The number of imidazole rings is 1. The summed E-state index contributed by atoms with van der Waals surface area (Å²) in [5, 5.41) is 0. The molecule has 2 rings (SSSR count). The van der Waals surface area contributed by atoms with E-state index in [0.717, 1.165) is 11.8 Å². The van der Waals surface area contributed by atoms with Crippen molar-refractivity contribution in [2.24, 2.45) is 0 Å². The predicted octanol–water partition coefficient (Wildman–Crippen LogP) is 3.50. The van der Waals surface area contributed by atoms with Gasteiger partial charge in [0.1, 0.15) is 0 Å². The van der Waals surface area contributed by atoms with Crippen LogP contribution in [0.4, 0.5) is 8.78 Å². The van der Waals surface area contributed by atoms with Gasteiger partial charge in [-0.05, 0) is 23.8 Å². The van der Waals surface area contributed by atoms with Crippen LogP contribution in [-0.2, 0) is 0 Å². The van der Waals surface area contributed by atoms with Gasteiger partial charge in [-0.1, -0.05) is 19.1 Å².